The van der Waals surface area contributed by atoms with Gasteiger partial charge < -0.3 is 11.5 Å². The van der Waals surface area contributed by atoms with Gasteiger partial charge in [0.05, 0.1) is 15.9 Å². The first-order valence-corrected chi connectivity index (χ1v) is 5.82. The zero-order valence-corrected chi connectivity index (χ0v) is 9.22. The number of halogens is 3. The molecule has 1 aromatic rings. The van der Waals surface area contributed by atoms with Crippen LogP contribution in [0.3, 0.4) is 0 Å². The molecule has 4 nitrogen and oxygen atoms in total. The van der Waals surface area contributed by atoms with Crippen LogP contribution >= 0.6 is 0 Å². The minimum atomic E-state index is -4.51. The van der Waals surface area contributed by atoms with Gasteiger partial charge in [-0.25, -0.2) is 8.42 Å². The Kier molecular flexibility index (Phi) is 3.37. The van der Waals surface area contributed by atoms with Crippen molar-refractivity contribution in [3.8, 4) is 0 Å². The van der Waals surface area contributed by atoms with Crippen molar-refractivity contribution in [2.45, 2.75) is 11.1 Å². The van der Waals surface area contributed by atoms with Crippen LogP contribution in [0.15, 0.2) is 40.4 Å². The van der Waals surface area contributed by atoms with E-state index in [9.17, 15) is 21.6 Å². The lowest BCUT2D eigenvalue weighted by molar-refractivity contribution is -0.137. The summed E-state index contributed by atoms with van der Waals surface area (Å²) >= 11 is 0. The second-order valence-electron chi connectivity index (χ2n) is 3.18. The van der Waals surface area contributed by atoms with Crippen molar-refractivity contribution in [1.82, 2.24) is 0 Å². The van der Waals surface area contributed by atoms with E-state index in [1.807, 2.05) is 0 Å². The topological polar surface area (TPSA) is 86.2 Å². The van der Waals surface area contributed by atoms with Gasteiger partial charge in [-0.2, -0.15) is 13.2 Å². The summed E-state index contributed by atoms with van der Waals surface area (Å²) in [5.41, 5.74) is 9.06. The van der Waals surface area contributed by atoms with Crippen molar-refractivity contribution >= 4 is 9.84 Å². The molecule has 0 bridgehead atoms. The molecule has 0 fully saturated rings. The molecule has 0 radical (unpaired) electrons. The van der Waals surface area contributed by atoms with Gasteiger partial charge in [0.25, 0.3) is 0 Å². The molecule has 0 atom stereocenters. The molecule has 1 aromatic carbocycles. The minimum Gasteiger partial charge on any atom is -0.385 e. The second-order valence-corrected chi connectivity index (χ2v) is 4.98. The third kappa shape index (κ3) is 3.38. The van der Waals surface area contributed by atoms with Gasteiger partial charge in [-0.1, -0.05) is 0 Å². The maximum absolute atomic E-state index is 12.2. The molecule has 4 N–H and O–H groups in total. The van der Waals surface area contributed by atoms with Gasteiger partial charge >= 0.3 is 6.18 Å². The van der Waals surface area contributed by atoms with Crippen molar-refractivity contribution in [3.63, 3.8) is 0 Å². The highest BCUT2D eigenvalue weighted by Gasteiger charge is 2.30. The highest BCUT2D eigenvalue weighted by Crippen LogP contribution is 2.29. The molecule has 17 heavy (non-hydrogen) atoms. The van der Waals surface area contributed by atoms with Crippen LogP contribution in [-0.4, -0.2) is 8.42 Å². The largest absolute Gasteiger partial charge is 0.416 e. The maximum Gasteiger partial charge on any atom is 0.416 e. The first-order chi connectivity index (χ1) is 7.63. The van der Waals surface area contributed by atoms with Crippen LogP contribution in [0.4, 0.5) is 13.2 Å². The molecule has 94 valence electrons. The van der Waals surface area contributed by atoms with Gasteiger partial charge in [-0.05, 0) is 24.3 Å². The van der Waals surface area contributed by atoms with Crippen molar-refractivity contribution in [3.05, 3.63) is 41.1 Å². The van der Waals surface area contributed by atoms with Crippen LogP contribution in [-0.2, 0) is 16.0 Å². The smallest absolute Gasteiger partial charge is 0.385 e. The first-order valence-electron chi connectivity index (χ1n) is 4.28. The molecule has 0 saturated carbocycles. The lowest BCUT2D eigenvalue weighted by atomic mass is 10.2. The normalized spacial score (nSPS) is 12.2. The van der Waals surface area contributed by atoms with E-state index < -0.39 is 27.4 Å². The average molecular weight is 266 g/mol. The standard InChI is InChI=1S/C9H9F3N2O2S/c10-9(11,12)6-1-3-7(4-2-6)17(15,16)5-8(13)14/h1-5H,13-14H2. The fraction of sp³-hybridized carbons (Fsp3) is 0.111. The maximum atomic E-state index is 12.2. The van der Waals surface area contributed by atoms with Gasteiger partial charge in [0.15, 0.2) is 0 Å². The summed E-state index contributed by atoms with van der Waals surface area (Å²) in [6, 6.07) is 3.04. The van der Waals surface area contributed by atoms with Gasteiger partial charge in [0, 0.05) is 0 Å². The Morgan fingerprint density at radius 2 is 1.59 bits per heavy atom. The van der Waals surface area contributed by atoms with Crippen LogP contribution in [0, 0.1) is 0 Å². The van der Waals surface area contributed by atoms with Crippen LogP contribution in [0.5, 0.6) is 0 Å². The highest BCUT2D eigenvalue weighted by molar-refractivity contribution is 7.94. The third-order valence-electron chi connectivity index (χ3n) is 1.80. The summed E-state index contributed by atoms with van der Waals surface area (Å²) in [5, 5.41) is 0.579. The zero-order chi connectivity index (χ0) is 13.3. The van der Waals surface area contributed by atoms with Gasteiger partial charge in [0.2, 0.25) is 9.84 Å². The van der Waals surface area contributed by atoms with Gasteiger partial charge in [0.1, 0.15) is 5.82 Å². The van der Waals surface area contributed by atoms with Crippen molar-refractivity contribution in [1.29, 1.82) is 0 Å². The molecule has 0 aliphatic carbocycles. The highest BCUT2D eigenvalue weighted by atomic mass is 32.2. The lowest BCUT2D eigenvalue weighted by Crippen LogP contribution is -2.11. The summed E-state index contributed by atoms with van der Waals surface area (Å²) < 4.78 is 59.6. The molecule has 0 aliphatic rings. The van der Waals surface area contributed by atoms with Crippen LogP contribution in [0.2, 0.25) is 0 Å². The fourth-order valence-electron chi connectivity index (χ4n) is 1.08. The van der Waals surface area contributed by atoms with E-state index in [2.05, 4.69) is 0 Å². The van der Waals surface area contributed by atoms with E-state index >= 15 is 0 Å². The lowest BCUT2D eigenvalue weighted by Gasteiger charge is -2.06. The Morgan fingerprint density at radius 1 is 1.12 bits per heavy atom. The van der Waals surface area contributed by atoms with E-state index in [0.717, 1.165) is 12.1 Å². The molecular weight excluding hydrogens is 257 g/mol. The predicted molar refractivity (Wildman–Crippen MR) is 55.1 cm³/mol. The molecule has 1 rings (SSSR count). The number of hydrogen-bond donors (Lipinski definition) is 2. The van der Waals surface area contributed by atoms with Crippen molar-refractivity contribution in [2.24, 2.45) is 11.5 Å². The molecule has 0 aromatic heterocycles. The molecule has 0 unspecified atom stereocenters. The molecule has 0 heterocycles. The number of alkyl halides is 3. The number of sulfone groups is 1. The Balaban J connectivity index is 3.17. The Morgan fingerprint density at radius 3 is 1.94 bits per heavy atom. The van der Waals surface area contributed by atoms with Crippen molar-refractivity contribution in [2.75, 3.05) is 0 Å². The number of hydrogen-bond acceptors (Lipinski definition) is 4. The number of nitrogens with two attached hydrogens (primary N) is 2. The van der Waals surface area contributed by atoms with Crippen molar-refractivity contribution < 1.29 is 21.6 Å². The van der Waals surface area contributed by atoms with E-state index in [1.165, 1.54) is 0 Å². The second kappa shape index (κ2) is 4.28. The third-order valence-corrected chi connectivity index (χ3v) is 3.31. The number of rotatable bonds is 2. The summed E-state index contributed by atoms with van der Waals surface area (Å²) in [5.74, 6) is -0.440. The van der Waals surface area contributed by atoms with Gasteiger partial charge in [-0.15, -0.1) is 0 Å². The molecule has 0 spiro atoms. The molecule has 0 aliphatic heterocycles. The Bertz CT molecular complexity index is 528. The Hall–Kier alpha value is -1.70. The molecule has 8 heteroatoms. The van der Waals surface area contributed by atoms with E-state index in [1.54, 1.807) is 0 Å². The van der Waals surface area contributed by atoms with Crippen LogP contribution in [0.25, 0.3) is 0 Å². The first kappa shape index (κ1) is 13.4. The Labute approximate surface area is 95.6 Å². The molecule has 0 saturated heterocycles. The predicted octanol–water partition coefficient (Wildman–Crippen LogP) is 1.20. The summed E-state index contributed by atoms with van der Waals surface area (Å²) in [6.07, 6.45) is -4.51. The van der Waals surface area contributed by atoms with E-state index in [4.69, 9.17) is 11.5 Å². The number of benzene rings is 1. The zero-order valence-electron chi connectivity index (χ0n) is 8.40. The quantitative estimate of drug-likeness (QED) is 0.842. The fourth-order valence-corrected chi connectivity index (χ4v) is 2.09. The van der Waals surface area contributed by atoms with Crippen LogP contribution in [0.1, 0.15) is 5.56 Å². The summed E-state index contributed by atoms with van der Waals surface area (Å²) in [7, 11) is -3.90. The van der Waals surface area contributed by atoms with E-state index in [-0.39, 0.29) is 4.90 Å². The van der Waals surface area contributed by atoms with Crippen LogP contribution < -0.4 is 11.5 Å². The van der Waals surface area contributed by atoms with Gasteiger partial charge in [-0.3, -0.25) is 0 Å². The summed E-state index contributed by atoms with van der Waals surface area (Å²) in [6.45, 7) is 0. The molecule has 0 amide bonds. The summed E-state index contributed by atoms with van der Waals surface area (Å²) in [4.78, 5) is -0.307. The SMILES string of the molecule is NC(N)=CS(=O)(=O)c1ccc(C(F)(F)F)cc1. The average Bonchev–Trinajstić information content (AvgIpc) is 2.14. The monoisotopic (exact) mass is 266 g/mol. The molecular formula is C9H9F3N2O2S. The van der Waals surface area contributed by atoms with E-state index in [0.29, 0.717) is 17.5 Å². The minimum absolute atomic E-state index is 0.307.